The van der Waals surface area contributed by atoms with Crippen molar-refractivity contribution in [2.75, 3.05) is 9.80 Å². The highest BCUT2D eigenvalue weighted by Gasteiger charge is 2.25. The average molecular weight is 914 g/mol. The molecule has 3 aromatic heterocycles. The van der Waals surface area contributed by atoms with Crippen LogP contribution < -0.4 is 9.80 Å². The van der Waals surface area contributed by atoms with Gasteiger partial charge in [0.15, 0.2) is 11.2 Å². The Balaban J connectivity index is 0.998. The van der Waals surface area contributed by atoms with E-state index in [0.717, 1.165) is 116 Å². The first kappa shape index (κ1) is 41.0. The van der Waals surface area contributed by atoms with E-state index in [1.54, 1.807) is 0 Å². The summed E-state index contributed by atoms with van der Waals surface area (Å²) in [6, 6.07) is 77.2. The van der Waals surface area contributed by atoms with Crippen molar-refractivity contribution in [1.29, 1.82) is 0 Å². The summed E-state index contributed by atoms with van der Waals surface area (Å²) >= 11 is 0. The number of hydrogen-bond acceptors (Lipinski definition) is 4. The summed E-state index contributed by atoms with van der Waals surface area (Å²) in [7, 11) is 0. The molecule has 0 unspecified atom stereocenters. The number of para-hydroxylation sites is 2. The van der Waals surface area contributed by atoms with Crippen molar-refractivity contribution < 1.29 is 8.83 Å². The van der Waals surface area contributed by atoms with E-state index in [4.69, 9.17) is 8.83 Å². The van der Waals surface area contributed by atoms with Crippen molar-refractivity contribution in [3.05, 3.63) is 235 Å². The second-order valence-electron chi connectivity index (χ2n) is 19.3. The van der Waals surface area contributed by atoms with Gasteiger partial charge in [-0.1, -0.05) is 119 Å². The first-order valence-electron chi connectivity index (χ1n) is 24.4. The van der Waals surface area contributed by atoms with Crippen LogP contribution in [0.3, 0.4) is 0 Å². The molecule has 14 rings (SSSR count). The molecular formula is C66H47N3O2. The lowest BCUT2D eigenvalue weighted by molar-refractivity contribution is 0.652. The molecule has 0 radical (unpaired) electrons. The molecule has 14 aromatic rings. The lowest BCUT2D eigenvalue weighted by Gasteiger charge is -2.26. The molecule has 0 spiro atoms. The average Bonchev–Trinajstić information content (AvgIpc) is 4.05. The summed E-state index contributed by atoms with van der Waals surface area (Å²) in [5.41, 5.74) is 17.8. The lowest BCUT2D eigenvalue weighted by atomic mass is 10.0. The summed E-state index contributed by atoms with van der Waals surface area (Å²) in [6.45, 7) is 8.52. The predicted octanol–water partition coefficient (Wildman–Crippen LogP) is 19.1. The topological polar surface area (TPSA) is 37.7 Å². The van der Waals surface area contributed by atoms with Crippen molar-refractivity contribution >= 4 is 121 Å². The second kappa shape index (κ2) is 15.7. The number of furan rings is 2. The van der Waals surface area contributed by atoms with Crippen molar-refractivity contribution in [3.8, 4) is 5.69 Å². The third-order valence-corrected chi connectivity index (χ3v) is 14.5. The third kappa shape index (κ3) is 6.61. The van der Waals surface area contributed by atoms with E-state index in [1.807, 2.05) is 0 Å². The van der Waals surface area contributed by atoms with Gasteiger partial charge in [-0.2, -0.15) is 0 Å². The number of rotatable bonds is 7. The van der Waals surface area contributed by atoms with Gasteiger partial charge in [0.2, 0.25) is 0 Å². The normalized spacial score (nSPS) is 11.9. The molecule has 0 aliphatic heterocycles. The van der Waals surface area contributed by atoms with Crippen LogP contribution in [0, 0.1) is 27.7 Å². The minimum absolute atomic E-state index is 0.785. The zero-order valence-electron chi connectivity index (χ0n) is 39.9. The summed E-state index contributed by atoms with van der Waals surface area (Å²) in [4.78, 5) is 4.66. The molecule has 0 aliphatic rings. The SMILES string of the molecule is Cc1ccc(N(c2ccc(C)cc2)c2ccc3cc4c(cc3c2)oc2c(-n3c5ccccc5c5ccccc53)c3oc5cc6cc(N(c7ccc(C)cc7)c7ccc(C)cc7)ccc6cc5c3cc24)cc1. The summed E-state index contributed by atoms with van der Waals surface area (Å²) < 4.78 is 16.8. The summed E-state index contributed by atoms with van der Waals surface area (Å²) in [5, 5.41) is 11.0. The molecule has 0 saturated carbocycles. The first-order chi connectivity index (χ1) is 34.8. The van der Waals surface area contributed by atoms with Crippen LogP contribution in [0.4, 0.5) is 34.1 Å². The van der Waals surface area contributed by atoms with E-state index < -0.39 is 0 Å². The molecule has 3 heterocycles. The molecule has 5 nitrogen and oxygen atoms in total. The maximum absolute atomic E-state index is 7.23. The molecular weight excluding hydrogens is 867 g/mol. The Labute approximate surface area is 410 Å². The van der Waals surface area contributed by atoms with Crippen LogP contribution in [-0.4, -0.2) is 4.57 Å². The molecule has 0 aliphatic carbocycles. The van der Waals surface area contributed by atoms with E-state index in [-0.39, 0.29) is 0 Å². The van der Waals surface area contributed by atoms with Crippen LogP contribution in [0.1, 0.15) is 22.3 Å². The van der Waals surface area contributed by atoms with E-state index in [0.29, 0.717) is 0 Å². The third-order valence-electron chi connectivity index (χ3n) is 14.5. The predicted molar refractivity (Wildman–Crippen MR) is 299 cm³/mol. The van der Waals surface area contributed by atoms with Crippen molar-refractivity contribution in [1.82, 2.24) is 4.57 Å². The molecule has 11 aromatic carbocycles. The van der Waals surface area contributed by atoms with E-state index in [1.165, 1.54) is 33.0 Å². The molecule has 0 bridgehead atoms. The van der Waals surface area contributed by atoms with Gasteiger partial charge in [0.1, 0.15) is 16.9 Å². The number of anilines is 6. The Morgan fingerprint density at radius 3 is 1.03 bits per heavy atom. The van der Waals surface area contributed by atoms with Crippen LogP contribution >= 0.6 is 0 Å². The Morgan fingerprint density at radius 2 is 0.648 bits per heavy atom. The van der Waals surface area contributed by atoms with Crippen LogP contribution in [0.15, 0.2) is 221 Å². The number of nitrogens with zero attached hydrogens (tertiary/aromatic N) is 3. The molecule has 0 amide bonds. The van der Waals surface area contributed by atoms with Crippen LogP contribution in [0.25, 0.3) is 92.9 Å². The highest BCUT2D eigenvalue weighted by molar-refractivity contribution is 6.23. The summed E-state index contributed by atoms with van der Waals surface area (Å²) in [5.74, 6) is 0. The lowest BCUT2D eigenvalue weighted by Crippen LogP contribution is -2.09. The van der Waals surface area contributed by atoms with E-state index in [9.17, 15) is 0 Å². The highest BCUT2D eigenvalue weighted by Crippen LogP contribution is 2.47. The van der Waals surface area contributed by atoms with Gasteiger partial charge in [-0.3, -0.25) is 0 Å². The molecule has 71 heavy (non-hydrogen) atoms. The van der Waals surface area contributed by atoms with Gasteiger partial charge in [-0.25, -0.2) is 0 Å². The summed E-state index contributed by atoms with van der Waals surface area (Å²) in [6.07, 6.45) is 0. The fraction of sp³-hybridized carbons (Fsp3) is 0.0606. The van der Waals surface area contributed by atoms with Gasteiger partial charge >= 0.3 is 0 Å². The van der Waals surface area contributed by atoms with Gasteiger partial charge in [-0.05, 0) is 165 Å². The maximum Gasteiger partial charge on any atom is 0.163 e. The molecule has 0 N–H and O–H groups in total. The Hall–Kier alpha value is -9.06. The minimum Gasteiger partial charge on any atom is -0.454 e. The number of fused-ring (bicyclic) bond motifs is 11. The second-order valence-corrected chi connectivity index (χ2v) is 19.3. The van der Waals surface area contributed by atoms with Crippen LogP contribution in [0.5, 0.6) is 0 Å². The Morgan fingerprint density at radius 1 is 0.296 bits per heavy atom. The van der Waals surface area contributed by atoms with Gasteiger partial charge in [0, 0.05) is 66.4 Å². The number of benzene rings is 11. The largest absolute Gasteiger partial charge is 0.454 e. The standard InChI is InChI=1S/C66H47N3O2/c1-40-13-23-48(24-14-40)67(49-25-15-41(2)16-26-49)52-31-21-44-35-56-58-39-59-57-36-45-22-32-53(68(50-27-17-42(3)18-28-50)51-29-19-43(4)20-30-51)34-47(45)38-63(57)71-66(59)64(65(58)70-62(56)37-46(44)33-52)69-60-11-7-5-9-54(60)55-10-6-8-12-61(55)69/h5-39H,1-4H3. The maximum atomic E-state index is 7.23. The smallest absolute Gasteiger partial charge is 0.163 e. The van der Waals surface area contributed by atoms with Crippen molar-refractivity contribution in [3.63, 3.8) is 0 Å². The molecule has 338 valence electrons. The van der Waals surface area contributed by atoms with E-state index in [2.05, 4.69) is 254 Å². The zero-order chi connectivity index (χ0) is 47.5. The van der Waals surface area contributed by atoms with Gasteiger partial charge in [-0.15, -0.1) is 0 Å². The van der Waals surface area contributed by atoms with E-state index >= 15 is 0 Å². The Kier molecular flexibility index (Phi) is 9.08. The monoisotopic (exact) mass is 913 g/mol. The number of aryl methyl sites for hydroxylation is 4. The van der Waals surface area contributed by atoms with Crippen LogP contribution in [-0.2, 0) is 0 Å². The fourth-order valence-corrected chi connectivity index (χ4v) is 10.9. The fourth-order valence-electron chi connectivity index (χ4n) is 10.9. The number of hydrogen-bond donors (Lipinski definition) is 0. The molecule has 0 saturated heterocycles. The minimum atomic E-state index is 0.785. The van der Waals surface area contributed by atoms with Crippen molar-refractivity contribution in [2.24, 2.45) is 0 Å². The number of aromatic nitrogens is 1. The van der Waals surface area contributed by atoms with Crippen LogP contribution in [0.2, 0.25) is 0 Å². The molecule has 0 atom stereocenters. The van der Waals surface area contributed by atoms with Gasteiger partial charge in [0.05, 0.1) is 11.0 Å². The first-order valence-corrected chi connectivity index (χ1v) is 24.4. The highest BCUT2D eigenvalue weighted by atomic mass is 16.3. The Bertz CT molecular complexity index is 4050. The zero-order valence-corrected chi connectivity index (χ0v) is 39.9. The molecule has 5 heteroatoms. The quantitative estimate of drug-likeness (QED) is 0.160. The van der Waals surface area contributed by atoms with Gasteiger partial charge in [0.25, 0.3) is 0 Å². The van der Waals surface area contributed by atoms with Crippen molar-refractivity contribution in [2.45, 2.75) is 27.7 Å². The molecule has 0 fully saturated rings. The van der Waals surface area contributed by atoms with Gasteiger partial charge < -0.3 is 23.2 Å².